The molecule has 128 valence electrons. The molecule has 0 atom stereocenters. The number of aliphatic imine (C=N–C) groups is 1. The van der Waals surface area contributed by atoms with Crippen molar-refractivity contribution in [2.75, 3.05) is 0 Å². The van der Waals surface area contributed by atoms with E-state index in [0.717, 1.165) is 16.5 Å². The molecule has 4 rings (SSSR count). The summed E-state index contributed by atoms with van der Waals surface area (Å²) in [4.78, 5) is 17.1. The third-order valence-corrected chi connectivity index (χ3v) is 4.82. The molecule has 0 radical (unpaired) electrons. The average Bonchev–Trinajstić information content (AvgIpc) is 2.97. The van der Waals surface area contributed by atoms with Crippen molar-refractivity contribution in [3.8, 4) is 11.5 Å². The second kappa shape index (κ2) is 6.57. The van der Waals surface area contributed by atoms with E-state index in [1.54, 1.807) is 12.1 Å². The third-order valence-electron chi connectivity index (χ3n) is 3.91. The van der Waals surface area contributed by atoms with Crippen LogP contribution in [-0.4, -0.2) is 21.3 Å². The predicted molar refractivity (Wildman–Crippen MR) is 105 cm³/mol. The van der Waals surface area contributed by atoms with Gasteiger partial charge < -0.3 is 15.5 Å². The lowest BCUT2D eigenvalue weighted by Crippen LogP contribution is -2.19. The standard InChI is InChI=1S/C20H14N2O3S/c23-16-8-5-12(9-17(16)24)10-18-19(25)22-20(26-18)21-15-7-6-13-3-1-2-4-14(13)11-15/h1-11,23-24H,(H,21,22,25)/b18-10-. The molecule has 6 heteroatoms. The van der Waals surface area contributed by atoms with Gasteiger partial charge in [-0.15, -0.1) is 0 Å². The van der Waals surface area contributed by atoms with Crippen LogP contribution in [0.25, 0.3) is 16.8 Å². The number of amidine groups is 1. The average molecular weight is 362 g/mol. The Balaban J connectivity index is 1.60. The van der Waals surface area contributed by atoms with E-state index in [1.165, 1.54) is 23.9 Å². The van der Waals surface area contributed by atoms with Crippen LogP contribution in [0.1, 0.15) is 5.56 Å². The minimum absolute atomic E-state index is 0.200. The number of fused-ring (bicyclic) bond motifs is 1. The molecule has 1 saturated heterocycles. The predicted octanol–water partition coefficient (Wildman–Crippen LogP) is 4.14. The molecule has 1 aliphatic heterocycles. The van der Waals surface area contributed by atoms with Gasteiger partial charge >= 0.3 is 0 Å². The fourth-order valence-corrected chi connectivity index (χ4v) is 3.47. The number of hydrogen-bond donors (Lipinski definition) is 3. The fourth-order valence-electron chi connectivity index (χ4n) is 2.63. The van der Waals surface area contributed by atoms with Crippen LogP contribution < -0.4 is 5.32 Å². The molecule has 0 spiro atoms. The van der Waals surface area contributed by atoms with Gasteiger partial charge in [0.05, 0.1) is 10.6 Å². The monoisotopic (exact) mass is 362 g/mol. The number of rotatable bonds is 2. The Hall–Kier alpha value is -3.25. The number of amides is 1. The van der Waals surface area contributed by atoms with Gasteiger partial charge in [0, 0.05) is 0 Å². The van der Waals surface area contributed by atoms with Gasteiger partial charge in [-0.3, -0.25) is 4.79 Å². The number of phenols is 2. The van der Waals surface area contributed by atoms with E-state index in [4.69, 9.17) is 0 Å². The van der Waals surface area contributed by atoms with Crippen molar-refractivity contribution in [3.63, 3.8) is 0 Å². The van der Waals surface area contributed by atoms with Crippen LogP contribution in [0.4, 0.5) is 5.69 Å². The number of carbonyl (C=O) groups excluding carboxylic acids is 1. The molecule has 3 N–H and O–H groups in total. The van der Waals surface area contributed by atoms with Gasteiger partial charge in [-0.1, -0.05) is 36.4 Å². The molecule has 0 aromatic heterocycles. The third kappa shape index (κ3) is 3.27. The summed E-state index contributed by atoms with van der Waals surface area (Å²) < 4.78 is 0. The van der Waals surface area contributed by atoms with Crippen LogP contribution in [0.15, 0.2) is 70.6 Å². The summed E-state index contributed by atoms with van der Waals surface area (Å²) in [5.41, 5.74) is 1.37. The summed E-state index contributed by atoms with van der Waals surface area (Å²) in [6.45, 7) is 0. The maximum atomic E-state index is 12.2. The summed E-state index contributed by atoms with van der Waals surface area (Å²) in [6.07, 6.45) is 1.64. The second-order valence-corrected chi connectivity index (χ2v) is 6.79. The van der Waals surface area contributed by atoms with Gasteiger partial charge in [0.15, 0.2) is 16.7 Å². The topological polar surface area (TPSA) is 81.9 Å². The Morgan fingerprint density at radius 3 is 2.54 bits per heavy atom. The Morgan fingerprint density at radius 2 is 1.73 bits per heavy atom. The number of nitrogens with zero attached hydrogens (tertiary/aromatic N) is 1. The lowest BCUT2D eigenvalue weighted by atomic mass is 10.1. The highest BCUT2D eigenvalue weighted by atomic mass is 32.2. The van der Waals surface area contributed by atoms with E-state index < -0.39 is 0 Å². The number of phenolic OH excluding ortho intramolecular Hbond substituents is 2. The summed E-state index contributed by atoms with van der Waals surface area (Å²) in [5, 5.41) is 24.4. The number of benzene rings is 3. The molecule has 3 aromatic rings. The van der Waals surface area contributed by atoms with E-state index in [0.29, 0.717) is 15.6 Å². The van der Waals surface area contributed by atoms with Crippen molar-refractivity contribution in [1.82, 2.24) is 5.32 Å². The van der Waals surface area contributed by atoms with Crippen molar-refractivity contribution >= 4 is 45.4 Å². The summed E-state index contributed by atoms with van der Waals surface area (Å²) in [6, 6.07) is 18.3. The van der Waals surface area contributed by atoms with Crippen LogP contribution in [0, 0.1) is 0 Å². The largest absolute Gasteiger partial charge is 0.504 e. The Bertz CT molecular complexity index is 1090. The lowest BCUT2D eigenvalue weighted by Gasteiger charge is -2.00. The molecule has 3 aromatic carbocycles. The molecular weight excluding hydrogens is 348 g/mol. The minimum atomic E-state index is -0.248. The first-order valence-corrected chi connectivity index (χ1v) is 8.70. The molecular formula is C20H14N2O3S. The van der Waals surface area contributed by atoms with E-state index in [2.05, 4.69) is 10.3 Å². The van der Waals surface area contributed by atoms with Gasteiger partial charge in [0.1, 0.15) is 0 Å². The second-order valence-electron chi connectivity index (χ2n) is 5.76. The maximum Gasteiger partial charge on any atom is 0.264 e. The van der Waals surface area contributed by atoms with E-state index in [-0.39, 0.29) is 17.4 Å². The van der Waals surface area contributed by atoms with E-state index in [1.807, 2.05) is 42.5 Å². The molecule has 0 aliphatic carbocycles. The Kier molecular flexibility index (Phi) is 4.10. The Morgan fingerprint density at radius 1 is 0.923 bits per heavy atom. The molecule has 1 fully saturated rings. The zero-order chi connectivity index (χ0) is 18.1. The lowest BCUT2D eigenvalue weighted by molar-refractivity contribution is -0.115. The van der Waals surface area contributed by atoms with Crippen LogP contribution in [-0.2, 0) is 4.79 Å². The highest BCUT2D eigenvalue weighted by Gasteiger charge is 2.23. The first-order valence-electron chi connectivity index (χ1n) is 7.89. The minimum Gasteiger partial charge on any atom is -0.504 e. The maximum absolute atomic E-state index is 12.2. The molecule has 5 nitrogen and oxygen atoms in total. The molecule has 0 bridgehead atoms. The molecule has 0 saturated carbocycles. The van der Waals surface area contributed by atoms with Gasteiger partial charge in [0.25, 0.3) is 5.91 Å². The van der Waals surface area contributed by atoms with Crippen LogP contribution in [0.5, 0.6) is 11.5 Å². The molecule has 1 aliphatic rings. The molecule has 0 unspecified atom stereocenters. The van der Waals surface area contributed by atoms with Crippen LogP contribution in [0.2, 0.25) is 0 Å². The number of hydrogen-bond acceptors (Lipinski definition) is 5. The van der Waals surface area contributed by atoms with Crippen LogP contribution in [0.3, 0.4) is 0 Å². The summed E-state index contributed by atoms with van der Waals surface area (Å²) >= 11 is 1.23. The summed E-state index contributed by atoms with van der Waals surface area (Å²) in [5.74, 6) is -0.677. The van der Waals surface area contributed by atoms with Gasteiger partial charge in [-0.05, 0) is 58.4 Å². The van der Waals surface area contributed by atoms with Crippen molar-refractivity contribution in [2.24, 2.45) is 4.99 Å². The van der Waals surface area contributed by atoms with Gasteiger partial charge in [-0.25, -0.2) is 4.99 Å². The van der Waals surface area contributed by atoms with Crippen LogP contribution >= 0.6 is 11.8 Å². The Labute approximate surface area is 153 Å². The number of aromatic hydroxyl groups is 2. The number of thioether (sulfide) groups is 1. The highest BCUT2D eigenvalue weighted by molar-refractivity contribution is 8.18. The molecule has 1 heterocycles. The first kappa shape index (κ1) is 16.2. The molecule has 1 amide bonds. The van der Waals surface area contributed by atoms with Crippen molar-refractivity contribution in [3.05, 3.63) is 71.1 Å². The van der Waals surface area contributed by atoms with Gasteiger partial charge in [0.2, 0.25) is 0 Å². The highest BCUT2D eigenvalue weighted by Crippen LogP contribution is 2.31. The molecule has 26 heavy (non-hydrogen) atoms. The summed E-state index contributed by atoms with van der Waals surface area (Å²) in [7, 11) is 0. The normalized spacial score (nSPS) is 17.2. The smallest absolute Gasteiger partial charge is 0.264 e. The van der Waals surface area contributed by atoms with E-state index in [9.17, 15) is 15.0 Å². The van der Waals surface area contributed by atoms with Gasteiger partial charge in [-0.2, -0.15) is 0 Å². The SMILES string of the molecule is O=C1NC(=Nc2ccc3ccccc3c2)S/C1=C\c1ccc(O)c(O)c1. The number of nitrogens with one attached hydrogen (secondary N) is 1. The zero-order valence-electron chi connectivity index (χ0n) is 13.5. The number of carbonyl (C=O) groups is 1. The van der Waals surface area contributed by atoms with Crippen molar-refractivity contribution in [1.29, 1.82) is 0 Å². The van der Waals surface area contributed by atoms with Crippen molar-refractivity contribution in [2.45, 2.75) is 0 Å². The zero-order valence-corrected chi connectivity index (χ0v) is 14.3. The van der Waals surface area contributed by atoms with Crippen molar-refractivity contribution < 1.29 is 15.0 Å². The quantitative estimate of drug-likeness (QED) is 0.473. The van der Waals surface area contributed by atoms with E-state index >= 15 is 0 Å². The fraction of sp³-hybridized carbons (Fsp3) is 0. The first-order chi connectivity index (χ1) is 12.6.